The number of ether oxygens (including phenoxy) is 1. The zero-order valence-electron chi connectivity index (χ0n) is 19.9. The highest BCUT2D eigenvalue weighted by Gasteiger charge is 2.60. The van der Waals surface area contributed by atoms with Crippen LogP contribution in [0.25, 0.3) is 0 Å². The molecule has 5 rings (SSSR count). The van der Waals surface area contributed by atoms with Crippen LogP contribution in [0.4, 0.5) is 22.7 Å². The summed E-state index contributed by atoms with van der Waals surface area (Å²) in [4.78, 5) is 47.2. The SMILES string of the molecule is COc1ccc(N2C(=O)[C@H]3[C@@H](c4ccc(N(C)C)cc4)N(c4cccc([N+](=O)[O-])c4)O[C@H]3C2=O)cc1. The third kappa shape index (κ3) is 3.81. The van der Waals surface area contributed by atoms with E-state index in [4.69, 9.17) is 9.57 Å². The van der Waals surface area contributed by atoms with Crippen molar-refractivity contribution in [1.29, 1.82) is 0 Å². The number of anilines is 3. The second kappa shape index (κ2) is 8.97. The Bertz CT molecular complexity index is 1330. The first-order valence-corrected chi connectivity index (χ1v) is 11.3. The average Bonchev–Trinajstić information content (AvgIpc) is 3.40. The van der Waals surface area contributed by atoms with Gasteiger partial charge in [-0.3, -0.25) is 24.5 Å². The molecule has 2 aliphatic heterocycles. The van der Waals surface area contributed by atoms with Crippen LogP contribution in [0.5, 0.6) is 5.75 Å². The van der Waals surface area contributed by atoms with E-state index in [9.17, 15) is 19.7 Å². The summed E-state index contributed by atoms with van der Waals surface area (Å²) < 4.78 is 5.18. The van der Waals surface area contributed by atoms with Crippen molar-refractivity contribution < 1.29 is 24.1 Å². The number of amides is 2. The second-order valence-corrected chi connectivity index (χ2v) is 8.80. The molecular formula is C26H24N4O6. The number of carbonyl (C=O) groups is 2. The third-order valence-electron chi connectivity index (χ3n) is 6.49. The number of methoxy groups -OCH3 is 1. The number of nitro benzene ring substituents is 1. The Morgan fingerprint density at radius 2 is 1.64 bits per heavy atom. The molecule has 0 unspecified atom stereocenters. The fourth-order valence-corrected chi connectivity index (χ4v) is 4.68. The maximum Gasteiger partial charge on any atom is 0.271 e. The highest BCUT2D eigenvalue weighted by molar-refractivity contribution is 6.23. The van der Waals surface area contributed by atoms with E-state index in [-0.39, 0.29) is 5.69 Å². The molecule has 0 aliphatic carbocycles. The van der Waals surface area contributed by atoms with Crippen LogP contribution in [0.15, 0.2) is 72.8 Å². The summed E-state index contributed by atoms with van der Waals surface area (Å²) in [5.74, 6) is -1.13. The smallest absolute Gasteiger partial charge is 0.271 e. The van der Waals surface area contributed by atoms with Gasteiger partial charge in [-0.05, 0) is 48.0 Å². The number of nitrogens with zero attached hydrogens (tertiary/aromatic N) is 4. The van der Waals surface area contributed by atoms with Crippen molar-refractivity contribution in [3.63, 3.8) is 0 Å². The van der Waals surface area contributed by atoms with Crippen molar-refractivity contribution in [2.24, 2.45) is 5.92 Å². The topological polar surface area (TPSA) is 105 Å². The molecule has 184 valence electrons. The minimum absolute atomic E-state index is 0.118. The maximum absolute atomic E-state index is 13.7. The summed E-state index contributed by atoms with van der Waals surface area (Å²) in [5.41, 5.74) is 2.40. The Hall–Kier alpha value is -4.44. The van der Waals surface area contributed by atoms with E-state index in [1.54, 1.807) is 36.4 Å². The standard InChI is InChI=1S/C26H24N4O6/c1-27(2)17-9-7-16(8-10-17)23-22-24(36-29(23)19-5-4-6-20(15-19)30(33)34)26(32)28(25(22)31)18-11-13-21(35-3)14-12-18/h4-15,22-24H,1-3H3/t22-,23+,24+/m0/s1. The summed E-state index contributed by atoms with van der Waals surface area (Å²) in [6.07, 6.45) is -1.07. The molecule has 2 saturated heterocycles. The molecule has 0 saturated carbocycles. The van der Waals surface area contributed by atoms with Gasteiger partial charge in [0.2, 0.25) is 5.91 Å². The molecule has 2 heterocycles. The summed E-state index contributed by atoms with van der Waals surface area (Å²) in [6.45, 7) is 0. The zero-order valence-corrected chi connectivity index (χ0v) is 19.9. The number of fused-ring (bicyclic) bond motifs is 1. The molecule has 0 bridgehead atoms. The first kappa shape index (κ1) is 23.3. The molecule has 3 atom stereocenters. The van der Waals surface area contributed by atoms with Gasteiger partial charge in [0.1, 0.15) is 11.7 Å². The van der Waals surface area contributed by atoms with Crippen molar-refractivity contribution in [3.8, 4) is 5.75 Å². The highest BCUT2D eigenvalue weighted by atomic mass is 16.7. The summed E-state index contributed by atoms with van der Waals surface area (Å²) >= 11 is 0. The fraction of sp³-hybridized carbons (Fsp3) is 0.231. The van der Waals surface area contributed by atoms with Gasteiger partial charge in [0.15, 0.2) is 6.10 Å². The third-order valence-corrected chi connectivity index (χ3v) is 6.49. The van der Waals surface area contributed by atoms with E-state index in [1.165, 1.54) is 24.3 Å². The van der Waals surface area contributed by atoms with Gasteiger partial charge in [-0.1, -0.05) is 18.2 Å². The molecule has 3 aromatic carbocycles. The van der Waals surface area contributed by atoms with Crippen molar-refractivity contribution in [1.82, 2.24) is 0 Å². The molecule has 0 N–H and O–H groups in total. The van der Waals surface area contributed by atoms with Crippen molar-refractivity contribution in [3.05, 3.63) is 88.5 Å². The van der Waals surface area contributed by atoms with Gasteiger partial charge in [-0.25, -0.2) is 9.96 Å². The van der Waals surface area contributed by atoms with E-state index in [2.05, 4.69) is 0 Å². The lowest BCUT2D eigenvalue weighted by atomic mass is 9.90. The molecule has 10 heteroatoms. The molecule has 0 spiro atoms. The molecule has 36 heavy (non-hydrogen) atoms. The molecule has 2 fully saturated rings. The molecule has 10 nitrogen and oxygen atoms in total. The normalized spacial score (nSPS) is 21.0. The van der Waals surface area contributed by atoms with E-state index in [0.29, 0.717) is 17.1 Å². The van der Waals surface area contributed by atoms with Crippen LogP contribution in [0, 0.1) is 16.0 Å². The zero-order chi connectivity index (χ0) is 25.6. The minimum atomic E-state index is -1.07. The number of imide groups is 1. The van der Waals surface area contributed by atoms with Crippen LogP contribution < -0.4 is 19.6 Å². The molecule has 3 aromatic rings. The van der Waals surface area contributed by atoms with Crippen LogP contribution in [-0.4, -0.2) is 44.0 Å². The van der Waals surface area contributed by atoms with Crippen LogP contribution in [0.1, 0.15) is 11.6 Å². The van der Waals surface area contributed by atoms with E-state index in [1.807, 2.05) is 43.3 Å². The van der Waals surface area contributed by atoms with Crippen LogP contribution in [0.3, 0.4) is 0 Å². The first-order valence-electron chi connectivity index (χ1n) is 11.3. The van der Waals surface area contributed by atoms with Gasteiger partial charge >= 0.3 is 0 Å². The summed E-state index contributed by atoms with van der Waals surface area (Å²) in [5, 5.41) is 12.8. The van der Waals surface area contributed by atoms with Crippen LogP contribution in [-0.2, 0) is 14.4 Å². The van der Waals surface area contributed by atoms with Gasteiger partial charge in [0.05, 0.1) is 29.4 Å². The molecule has 2 amide bonds. The highest BCUT2D eigenvalue weighted by Crippen LogP contribution is 2.48. The van der Waals surface area contributed by atoms with Gasteiger partial charge in [-0.15, -0.1) is 0 Å². The minimum Gasteiger partial charge on any atom is -0.497 e. The predicted octanol–water partition coefficient (Wildman–Crippen LogP) is 3.72. The number of hydroxylamine groups is 1. The quantitative estimate of drug-likeness (QED) is 0.294. The monoisotopic (exact) mass is 488 g/mol. The number of carbonyl (C=O) groups excluding carboxylic acids is 2. The van der Waals surface area contributed by atoms with Gasteiger partial charge in [-0.2, -0.15) is 0 Å². The van der Waals surface area contributed by atoms with Gasteiger partial charge < -0.3 is 9.64 Å². The molecular weight excluding hydrogens is 464 g/mol. The Labute approximate surface area is 207 Å². The van der Waals surface area contributed by atoms with E-state index < -0.39 is 34.8 Å². The number of rotatable bonds is 6. The Morgan fingerprint density at radius 1 is 0.944 bits per heavy atom. The average molecular weight is 489 g/mol. The number of non-ortho nitro benzene ring substituents is 1. The maximum atomic E-state index is 13.7. The largest absolute Gasteiger partial charge is 0.497 e. The number of benzene rings is 3. The Balaban J connectivity index is 1.57. The van der Waals surface area contributed by atoms with E-state index >= 15 is 0 Å². The Morgan fingerprint density at radius 3 is 2.25 bits per heavy atom. The van der Waals surface area contributed by atoms with Gasteiger partial charge in [0, 0.05) is 31.9 Å². The lowest BCUT2D eigenvalue weighted by Crippen LogP contribution is -2.37. The predicted molar refractivity (Wildman–Crippen MR) is 133 cm³/mol. The number of hydrogen-bond acceptors (Lipinski definition) is 8. The molecule has 2 aliphatic rings. The van der Waals surface area contributed by atoms with Crippen molar-refractivity contribution >= 4 is 34.6 Å². The molecule has 0 aromatic heterocycles. The van der Waals surface area contributed by atoms with Gasteiger partial charge in [0.25, 0.3) is 11.6 Å². The van der Waals surface area contributed by atoms with Crippen molar-refractivity contribution in [2.45, 2.75) is 12.1 Å². The number of hydrogen-bond donors (Lipinski definition) is 0. The lowest BCUT2D eigenvalue weighted by Gasteiger charge is -2.29. The number of nitro groups is 1. The second-order valence-electron chi connectivity index (χ2n) is 8.80. The molecule has 0 radical (unpaired) electrons. The Kier molecular flexibility index (Phi) is 5.81. The summed E-state index contributed by atoms with van der Waals surface area (Å²) in [7, 11) is 5.38. The first-order chi connectivity index (χ1) is 17.3. The van der Waals surface area contributed by atoms with Crippen LogP contribution >= 0.6 is 0 Å². The lowest BCUT2D eigenvalue weighted by molar-refractivity contribution is -0.384. The van der Waals surface area contributed by atoms with E-state index in [0.717, 1.165) is 16.2 Å². The fourth-order valence-electron chi connectivity index (χ4n) is 4.68. The summed E-state index contributed by atoms with van der Waals surface area (Å²) in [6, 6.07) is 19.5. The van der Waals surface area contributed by atoms with Crippen molar-refractivity contribution in [2.75, 3.05) is 36.1 Å². The van der Waals surface area contributed by atoms with Crippen LogP contribution in [0.2, 0.25) is 0 Å².